The normalized spacial score (nSPS) is 13.3. The van der Waals surface area contributed by atoms with E-state index < -0.39 is 23.4 Å². The van der Waals surface area contributed by atoms with Crippen molar-refractivity contribution in [3.8, 4) is 0 Å². The maximum Gasteiger partial charge on any atom is 0.257 e. The molecule has 1 aromatic carbocycles. The maximum absolute atomic E-state index is 13.1. The lowest BCUT2D eigenvalue weighted by atomic mass is 10.1. The third-order valence-corrected chi connectivity index (χ3v) is 3.38. The third kappa shape index (κ3) is 2.07. The molecule has 0 saturated carbocycles. The van der Waals surface area contributed by atoms with Crippen molar-refractivity contribution in [3.63, 3.8) is 0 Å². The summed E-state index contributed by atoms with van der Waals surface area (Å²) in [4.78, 5) is 12.1. The molecule has 0 bridgehead atoms. The second-order valence-electron chi connectivity index (χ2n) is 4.68. The number of fused-ring (bicyclic) bond motifs is 1. The first-order valence-electron chi connectivity index (χ1n) is 6.20. The molecule has 0 aliphatic carbocycles. The Morgan fingerprint density at radius 3 is 2.60 bits per heavy atom. The monoisotopic (exact) mass is 280 g/mol. The first-order valence-corrected chi connectivity index (χ1v) is 6.20. The van der Waals surface area contributed by atoms with Gasteiger partial charge in [0.05, 0.1) is 5.56 Å². The molecule has 1 amide bonds. The number of carbonyl (C=O) groups is 1. The number of nitrogens with one attached hydrogen (secondary N) is 1. The number of rotatable bonds is 2. The van der Waals surface area contributed by atoms with E-state index in [4.69, 9.17) is 0 Å². The summed E-state index contributed by atoms with van der Waals surface area (Å²) in [6, 6.07) is 3.18. The predicted octanol–water partition coefficient (Wildman–Crippen LogP) is 3.10. The highest BCUT2D eigenvalue weighted by molar-refractivity contribution is 6.05. The van der Waals surface area contributed by atoms with Crippen molar-refractivity contribution < 1.29 is 18.0 Å². The zero-order chi connectivity index (χ0) is 14.3. The number of hydrogen-bond acceptors (Lipinski definition) is 1. The van der Waals surface area contributed by atoms with Crippen molar-refractivity contribution in [1.82, 2.24) is 4.57 Å². The first-order chi connectivity index (χ1) is 9.56. The molecule has 1 aromatic heterocycles. The van der Waals surface area contributed by atoms with E-state index in [9.17, 15) is 18.0 Å². The maximum atomic E-state index is 13.1. The van der Waals surface area contributed by atoms with Crippen molar-refractivity contribution in [2.75, 3.05) is 5.32 Å². The third-order valence-electron chi connectivity index (χ3n) is 3.38. The van der Waals surface area contributed by atoms with Gasteiger partial charge in [-0.2, -0.15) is 0 Å². The zero-order valence-electron chi connectivity index (χ0n) is 10.4. The summed E-state index contributed by atoms with van der Waals surface area (Å²) in [5.74, 6) is -4.66. The molecule has 0 atom stereocenters. The molecule has 3 nitrogen and oxygen atoms in total. The number of anilines is 1. The van der Waals surface area contributed by atoms with E-state index in [1.165, 1.54) is 0 Å². The minimum absolute atomic E-state index is 0.107. The van der Waals surface area contributed by atoms with E-state index in [1.54, 1.807) is 6.07 Å². The van der Waals surface area contributed by atoms with Crippen LogP contribution in [0, 0.1) is 17.5 Å². The molecule has 20 heavy (non-hydrogen) atoms. The number of nitrogens with zero attached hydrogens (tertiary/aromatic N) is 1. The zero-order valence-corrected chi connectivity index (χ0v) is 10.4. The summed E-state index contributed by atoms with van der Waals surface area (Å²) >= 11 is 0. The van der Waals surface area contributed by atoms with Crippen LogP contribution in [0.25, 0.3) is 0 Å². The molecule has 104 valence electrons. The average Bonchev–Trinajstić information content (AvgIpc) is 2.97. The molecule has 0 saturated heterocycles. The van der Waals surface area contributed by atoms with Crippen LogP contribution in [-0.4, -0.2) is 10.5 Å². The van der Waals surface area contributed by atoms with Crippen molar-refractivity contribution in [2.45, 2.75) is 19.4 Å². The van der Waals surface area contributed by atoms with Crippen molar-refractivity contribution >= 4 is 11.6 Å². The molecule has 1 aliphatic rings. The van der Waals surface area contributed by atoms with E-state index in [0.29, 0.717) is 5.56 Å². The van der Waals surface area contributed by atoms with Gasteiger partial charge in [0.15, 0.2) is 17.5 Å². The number of aromatic nitrogens is 1. The van der Waals surface area contributed by atoms with Crippen LogP contribution in [0.2, 0.25) is 0 Å². The Morgan fingerprint density at radius 1 is 1.20 bits per heavy atom. The van der Waals surface area contributed by atoms with Crippen LogP contribution in [0.15, 0.2) is 24.4 Å². The smallest absolute Gasteiger partial charge is 0.257 e. The standard InChI is InChI=1S/C14H11F3N2O/c15-10-6-8(7-11(16)13(10)17)18-14(20)9-3-5-19-4-1-2-12(9)19/h3,5-7H,1-2,4H2,(H,18,20). The SMILES string of the molecule is O=C(Nc1cc(F)c(F)c(F)c1)c1ccn2c1CCC2. The number of aryl methyl sites for hydroxylation is 1. The molecule has 0 spiro atoms. The molecule has 0 fully saturated rings. The first kappa shape index (κ1) is 12.8. The van der Waals surface area contributed by atoms with Gasteiger partial charge in [-0.15, -0.1) is 0 Å². The van der Waals surface area contributed by atoms with Gasteiger partial charge in [0.25, 0.3) is 5.91 Å². The fourth-order valence-corrected chi connectivity index (χ4v) is 2.44. The van der Waals surface area contributed by atoms with Crippen LogP contribution in [0.4, 0.5) is 18.9 Å². The highest BCUT2D eigenvalue weighted by Crippen LogP contribution is 2.22. The Balaban J connectivity index is 1.86. The molecule has 3 rings (SSSR count). The van der Waals surface area contributed by atoms with Gasteiger partial charge in [0, 0.05) is 36.3 Å². The molecular weight excluding hydrogens is 269 g/mol. The Kier molecular flexibility index (Phi) is 3.00. The highest BCUT2D eigenvalue weighted by Gasteiger charge is 2.20. The van der Waals surface area contributed by atoms with Crippen molar-refractivity contribution in [1.29, 1.82) is 0 Å². The van der Waals surface area contributed by atoms with Crippen LogP contribution >= 0.6 is 0 Å². The molecule has 6 heteroatoms. The Labute approximate surface area is 113 Å². The second-order valence-corrected chi connectivity index (χ2v) is 4.68. The lowest BCUT2D eigenvalue weighted by Gasteiger charge is -2.06. The summed E-state index contributed by atoms with van der Waals surface area (Å²) in [7, 11) is 0. The van der Waals surface area contributed by atoms with E-state index >= 15 is 0 Å². The van der Waals surface area contributed by atoms with Gasteiger partial charge in [-0.25, -0.2) is 13.2 Å². The molecule has 1 N–H and O–H groups in total. The summed E-state index contributed by atoms with van der Waals surface area (Å²) in [5.41, 5.74) is 1.28. The predicted molar refractivity (Wildman–Crippen MR) is 67.0 cm³/mol. The lowest BCUT2D eigenvalue weighted by molar-refractivity contribution is 0.102. The number of amides is 1. The molecule has 0 radical (unpaired) electrons. The van der Waals surface area contributed by atoms with E-state index in [-0.39, 0.29) is 5.69 Å². The summed E-state index contributed by atoms with van der Waals surface area (Å²) in [5, 5.41) is 2.38. The highest BCUT2D eigenvalue weighted by atomic mass is 19.2. The van der Waals surface area contributed by atoms with Crippen LogP contribution in [-0.2, 0) is 13.0 Å². The molecule has 2 heterocycles. The van der Waals surface area contributed by atoms with Gasteiger partial charge in [-0.1, -0.05) is 0 Å². The molecular formula is C14H11F3N2O. The van der Waals surface area contributed by atoms with E-state index in [0.717, 1.165) is 37.2 Å². The lowest BCUT2D eigenvalue weighted by Crippen LogP contribution is -2.14. The average molecular weight is 280 g/mol. The number of hydrogen-bond donors (Lipinski definition) is 1. The Hall–Kier alpha value is -2.24. The van der Waals surface area contributed by atoms with E-state index in [2.05, 4.69) is 5.32 Å². The summed E-state index contributed by atoms with van der Waals surface area (Å²) in [6.45, 7) is 0.864. The topological polar surface area (TPSA) is 34.0 Å². The van der Waals surface area contributed by atoms with Gasteiger partial charge in [0.2, 0.25) is 0 Å². The summed E-state index contributed by atoms with van der Waals surface area (Å²) < 4.78 is 41.0. The van der Waals surface area contributed by atoms with Crippen LogP contribution in [0.3, 0.4) is 0 Å². The van der Waals surface area contributed by atoms with Crippen molar-refractivity contribution in [3.05, 3.63) is 53.1 Å². The van der Waals surface area contributed by atoms with Crippen molar-refractivity contribution in [2.24, 2.45) is 0 Å². The molecule has 2 aromatic rings. The number of halogens is 3. The fourth-order valence-electron chi connectivity index (χ4n) is 2.44. The van der Waals surface area contributed by atoms with Gasteiger partial charge in [-0.05, 0) is 18.9 Å². The fraction of sp³-hybridized carbons (Fsp3) is 0.214. The van der Waals surface area contributed by atoms with E-state index in [1.807, 2.05) is 10.8 Å². The van der Waals surface area contributed by atoms with Gasteiger partial charge in [0.1, 0.15) is 0 Å². The second kappa shape index (κ2) is 4.70. The quantitative estimate of drug-likeness (QED) is 0.843. The Bertz CT molecular complexity index is 671. The van der Waals surface area contributed by atoms with Gasteiger partial charge >= 0.3 is 0 Å². The van der Waals surface area contributed by atoms with Crippen LogP contribution < -0.4 is 5.32 Å². The molecule has 1 aliphatic heterocycles. The minimum atomic E-state index is -1.55. The summed E-state index contributed by atoms with van der Waals surface area (Å²) in [6.07, 6.45) is 3.57. The number of benzene rings is 1. The van der Waals surface area contributed by atoms with Gasteiger partial charge < -0.3 is 9.88 Å². The number of carbonyl (C=O) groups excluding carboxylic acids is 1. The molecule has 0 unspecified atom stereocenters. The van der Waals surface area contributed by atoms with Crippen LogP contribution in [0.5, 0.6) is 0 Å². The van der Waals surface area contributed by atoms with Crippen LogP contribution in [0.1, 0.15) is 22.5 Å². The minimum Gasteiger partial charge on any atom is -0.351 e. The largest absolute Gasteiger partial charge is 0.351 e. The van der Waals surface area contributed by atoms with Gasteiger partial charge in [-0.3, -0.25) is 4.79 Å². The Morgan fingerprint density at radius 2 is 1.90 bits per heavy atom.